The third-order valence-corrected chi connectivity index (χ3v) is 5.60. The normalized spacial score (nSPS) is 27.9. The lowest BCUT2D eigenvalue weighted by molar-refractivity contribution is -0.146. The van der Waals surface area contributed by atoms with Crippen molar-refractivity contribution in [1.29, 1.82) is 0 Å². The minimum Gasteiger partial charge on any atom is -0.480 e. The van der Waals surface area contributed by atoms with Gasteiger partial charge < -0.3 is 9.84 Å². The quantitative estimate of drug-likeness (QED) is 0.784. The topological polar surface area (TPSA) is 87.1 Å². The van der Waals surface area contributed by atoms with Crippen molar-refractivity contribution in [3.8, 4) is 0 Å². The first kappa shape index (κ1) is 14.7. The highest BCUT2D eigenvalue weighted by molar-refractivity contribution is 7.86. The van der Waals surface area contributed by atoms with E-state index in [9.17, 15) is 13.2 Å². The van der Waals surface area contributed by atoms with Gasteiger partial charge in [0.15, 0.2) is 0 Å². The van der Waals surface area contributed by atoms with Gasteiger partial charge >= 0.3 is 5.97 Å². The third-order valence-electron chi connectivity index (χ3n) is 3.55. The van der Waals surface area contributed by atoms with Crippen molar-refractivity contribution in [1.82, 2.24) is 8.61 Å². The number of carboxylic acids is 1. The van der Waals surface area contributed by atoms with Gasteiger partial charge in [-0.3, -0.25) is 4.79 Å². The number of carbonyl (C=O) groups is 1. The van der Waals surface area contributed by atoms with E-state index in [2.05, 4.69) is 0 Å². The number of rotatable bonds is 3. The van der Waals surface area contributed by atoms with Crippen molar-refractivity contribution in [3.63, 3.8) is 0 Å². The summed E-state index contributed by atoms with van der Waals surface area (Å²) in [6.07, 6.45) is 3.72. The molecule has 110 valence electrons. The second kappa shape index (κ2) is 6.17. The zero-order valence-electron chi connectivity index (χ0n) is 10.8. The van der Waals surface area contributed by atoms with Gasteiger partial charge in [-0.1, -0.05) is 12.8 Å². The van der Waals surface area contributed by atoms with Gasteiger partial charge in [0.05, 0.1) is 13.2 Å². The number of ether oxygens (including phenoxy) is 1. The van der Waals surface area contributed by atoms with Crippen LogP contribution < -0.4 is 0 Å². The molecule has 2 heterocycles. The summed E-state index contributed by atoms with van der Waals surface area (Å²) in [5.41, 5.74) is 0. The molecule has 1 atom stereocenters. The molecule has 2 fully saturated rings. The Kier molecular flexibility index (Phi) is 4.77. The standard InChI is InChI=1S/C11H20N2O5S/c14-11(15)10-9-18-8-7-13(10)19(16,17)12-5-3-1-2-4-6-12/h10H,1-9H2,(H,14,15). The lowest BCUT2D eigenvalue weighted by Crippen LogP contribution is -2.56. The lowest BCUT2D eigenvalue weighted by atomic mass is 10.2. The first-order valence-corrected chi connectivity index (χ1v) is 8.00. The Morgan fingerprint density at radius 3 is 2.32 bits per heavy atom. The van der Waals surface area contributed by atoms with E-state index in [1.54, 1.807) is 0 Å². The molecule has 0 radical (unpaired) electrons. The molecule has 0 aromatic rings. The van der Waals surface area contributed by atoms with Gasteiger partial charge in [0.25, 0.3) is 10.2 Å². The van der Waals surface area contributed by atoms with Gasteiger partial charge in [-0.2, -0.15) is 17.0 Å². The summed E-state index contributed by atoms with van der Waals surface area (Å²) in [6.45, 7) is 1.23. The van der Waals surface area contributed by atoms with Crippen molar-refractivity contribution in [3.05, 3.63) is 0 Å². The molecule has 0 aliphatic carbocycles. The Balaban J connectivity index is 2.18. The van der Waals surface area contributed by atoms with Crippen LogP contribution in [0.3, 0.4) is 0 Å². The van der Waals surface area contributed by atoms with Crippen LogP contribution in [0, 0.1) is 0 Å². The van der Waals surface area contributed by atoms with E-state index in [4.69, 9.17) is 9.84 Å². The fourth-order valence-corrected chi connectivity index (χ4v) is 4.27. The molecule has 0 saturated carbocycles. The molecule has 2 saturated heterocycles. The molecular formula is C11H20N2O5S. The summed E-state index contributed by atoms with van der Waals surface area (Å²) in [5.74, 6) is -1.15. The van der Waals surface area contributed by atoms with Crippen LogP contribution in [0.15, 0.2) is 0 Å². The van der Waals surface area contributed by atoms with Crippen molar-refractivity contribution >= 4 is 16.2 Å². The predicted molar refractivity (Wildman–Crippen MR) is 67.9 cm³/mol. The number of hydrogen-bond donors (Lipinski definition) is 1. The Morgan fingerprint density at radius 1 is 1.11 bits per heavy atom. The largest absolute Gasteiger partial charge is 0.480 e. The maximum absolute atomic E-state index is 12.5. The number of aliphatic carboxylic acids is 1. The van der Waals surface area contributed by atoms with Gasteiger partial charge in [-0.05, 0) is 12.8 Å². The van der Waals surface area contributed by atoms with Crippen molar-refractivity contribution in [2.45, 2.75) is 31.7 Å². The highest BCUT2D eigenvalue weighted by atomic mass is 32.2. The van der Waals surface area contributed by atoms with Crippen LogP contribution >= 0.6 is 0 Å². The molecule has 2 aliphatic rings. The van der Waals surface area contributed by atoms with E-state index >= 15 is 0 Å². The zero-order chi connectivity index (χ0) is 13.9. The Bertz CT molecular complexity index is 417. The van der Waals surface area contributed by atoms with Gasteiger partial charge in [-0.15, -0.1) is 0 Å². The highest BCUT2D eigenvalue weighted by Gasteiger charge is 2.40. The summed E-state index contributed by atoms with van der Waals surface area (Å²) < 4.78 is 32.6. The maximum Gasteiger partial charge on any atom is 0.324 e. The van der Waals surface area contributed by atoms with E-state index in [1.165, 1.54) is 4.31 Å². The minimum atomic E-state index is -3.70. The van der Waals surface area contributed by atoms with Crippen LogP contribution in [0.1, 0.15) is 25.7 Å². The SMILES string of the molecule is O=C(O)C1COCCN1S(=O)(=O)N1CCCCCC1. The van der Waals surface area contributed by atoms with Gasteiger partial charge in [0.2, 0.25) is 0 Å². The van der Waals surface area contributed by atoms with E-state index in [0.29, 0.717) is 13.1 Å². The smallest absolute Gasteiger partial charge is 0.324 e. The predicted octanol–water partition coefficient (Wildman–Crippen LogP) is -0.107. The number of nitrogens with zero attached hydrogens (tertiary/aromatic N) is 2. The molecule has 0 bridgehead atoms. The fourth-order valence-electron chi connectivity index (χ4n) is 2.48. The zero-order valence-corrected chi connectivity index (χ0v) is 11.6. The molecule has 0 aromatic heterocycles. The van der Waals surface area contributed by atoms with E-state index in [1.807, 2.05) is 0 Å². The molecule has 19 heavy (non-hydrogen) atoms. The molecule has 0 aromatic carbocycles. The van der Waals surface area contributed by atoms with Crippen LogP contribution in [0.4, 0.5) is 0 Å². The summed E-state index contributed by atoms with van der Waals surface area (Å²) in [7, 11) is -3.70. The Hall–Kier alpha value is -0.700. The van der Waals surface area contributed by atoms with Crippen LogP contribution in [-0.2, 0) is 19.7 Å². The lowest BCUT2D eigenvalue weighted by Gasteiger charge is -2.35. The van der Waals surface area contributed by atoms with Crippen LogP contribution in [0.2, 0.25) is 0 Å². The number of hydrogen-bond acceptors (Lipinski definition) is 4. The molecule has 8 heteroatoms. The molecule has 7 nitrogen and oxygen atoms in total. The van der Waals surface area contributed by atoms with Gasteiger partial charge in [0.1, 0.15) is 6.04 Å². The second-order valence-corrected chi connectivity index (χ2v) is 6.74. The minimum absolute atomic E-state index is 0.0809. The van der Waals surface area contributed by atoms with Crippen LogP contribution in [0.25, 0.3) is 0 Å². The maximum atomic E-state index is 12.5. The molecular weight excluding hydrogens is 272 g/mol. The first-order chi connectivity index (χ1) is 9.03. The molecule has 2 aliphatic heterocycles. The van der Waals surface area contributed by atoms with E-state index in [-0.39, 0.29) is 19.8 Å². The first-order valence-electron chi connectivity index (χ1n) is 6.61. The van der Waals surface area contributed by atoms with Crippen molar-refractivity contribution in [2.24, 2.45) is 0 Å². The van der Waals surface area contributed by atoms with Gasteiger partial charge in [-0.25, -0.2) is 0 Å². The van der Waals surface area contributed by atoms with Gasteiger partial charge in [0, 0.05) is 19.6 Å². The molecule has 1 N–H and O–H groups in total. The fraction of sp³-hybridized carbons (Fsp3) is 0.909. The number of morpholine rings is 1. The summed E-state index contributed by atoms with van der Waals surface area (Å²) in [6, 6.07) is -1.11. The Labute approximate surface area is 113 Å². The summed E-state index contributed by atoms with van der Waals surface area (Å²) >= 11 is 0. The molecule has 2 rings (SSSR count). The van der Waals surface area contributed by atoms with Crippen LogP contribution in [0.5, 0.6) is 0 Å². The van der Waals surface area contributed by atoms with E-state index < -0.39 is 22.2 Å². The average molecular weight is 292 g/mol. The highest BCUT2D eigenvalue weighted by Crippen LogP contribution is 2.20. The summed E-state index contributed by atoms with van der Waals surface area (Å²) in [4.78, 5) is 11.2. The average Bonchev–Trinajstić information content (AvgIpc) is 2.68. The van der Waals surface area contributed by atoms with Crippen molar-refractivity contribution < 1.29 is 23.1 Å². The Morgan fingerprint density at radius 2 is 1.74 bits per heavy atom. The molecule has 0 spiro atoms. The summed E-state index contributed by atoms with van der Waals surface area (Å²) in [5, 5.41) is 9.12. The molecule has 0 amide bonds. The van der Waals surface area contributed by atoms with Crippen molar-refractivity contribution in [2.75, 3.05) is 32.8 Å². The monoisotopic (exact) mass is 292 g/mol. The second-order valence-electron chi connectivity index (χ2n) is 4.86. The number of carboxylic acid groups (broad SMARTS) is 1. The van der Waals surface area contributed by atoms with E-state index in [0.717, 1.165) is 30.0 Å². The third kappa shape index (κ3) is 3.25. The molecule has 1 unspecified atom stereocenters. The van der Waals surface area contributed by atoms with Crippen LogP contribution in [-0.4, -0.2) is 67.0 Å².